The molecule has 0 aromatic heterocycles. The Hall–Kier alpha value is -1.10. The average molecular weight is 611 g/mol. The molecule has 0 heterocycles. The van der Waals surface area contributed by atoms with Gasteiger partial charge in [-0.2, -0.15) is 0 Å². The number of aliphatic hydroxyl groups excluding tert-OH is 1. The van der Waals surface area contributed by atoms with Crippen LogP contribution in [0.4, 0.5) is 0 Å². The third kappa shape index (κ3) is 33.6. The fourth-order valence-corrected chi connectivity index (χ4v) is 5.68. The molecule has 0 aromatic rings. The van der Waals surface area contributed by atoms with Crippen LogP contribution >= 0.6 is 0 Å². The first-order valence-electron chi connectivity index (χ1n) is 19.0. The molecular formula is C38H74O5. The topological polar surface area (TPSA) is 72.8 Å². The highest BCUT2D eigenvalue weighted by Gasteiger charge is 2.16. The fourth-order valence-electron chi connectivity index (χ4n) is 5.68. The highest BCUT2D eigenvalue weighted by atomic mass is 16.6. The Bertz CT molecular complexity index is 591. The molecule has 5 nitrogen and oxygen atoms in total. The zero-order valence-corrected chi connectivity index (χ0v) is 29.2. The van der Waals surface area contributed by atoms with Crippen LogP contribution in [-0.4, -0.2) is 36.4 Å². The minimum Gasteiger partial charge on any atom is -0.462 e. The lowest BCUT2D eigenvalue weighted by atomic mass is 10.0. The summed E-state index contributed by atoms with van der Waals surface area (Å²) in [5, 5.41) is 9.51. The number of carbonyl (C=O) groups excluding carboxylic acids is 2. The van der Waals surface area contributed by atoms with Crippen molar-refractivity contribution >= 4 is 11.9 Å². The number of ether oxygens (including phenoxy) is 2. The number of unbranched alkanes of at least 4 members (excludes halogenated alkanes) is 24. The van der Waals surface area contributed by atoms with Gasteiger partial charge < -0.3 is 14.6 Å². The molecule has 0 saturated carbocycles. The second-order valence-corrected chi connectivity index (χ2v) is 13.5. The molecule has 1 N–H and O–H groups in total. The van der Waals surface area contributed by atoms with Crippen LogP contribution in [-0.2, 0) is 19.1 Å². The van der Waals surface area contributed by atoms with Crippen molar-refractivity contribution < 1.29 is 24.2 Å². The normalized spacial score (nSPS) is 12.1. The summed E-state index contributed by atoms with van der Waals surface area (Å²) in [5.74, 6) is 0.210. The Morgan fingerprint density at radius 2 is 0.860 bits per heavy atom. The minimum atomic E-state index is -0.762. The third-order valence-electron chi connectivity index (χ3n) is 8.58. The SMILES string of the molecule is CCCCCCCCCCCCCCCCCCCCCC(=O)OC[C@H](CO)OC(=O)CCCCCCCCCC(C)C. The van der Waals surface area contributed by atoms with Crippen molar-refractivity contribution in [1.82, 2.24) is 0 Å². The second-order valence-electron chi connectivity index (χ2n) is 13.5. The molecule has 0 bridgehead atoms. The summed E-state index contributed by atoms with van der Waals surface area (Å²) in [7, 11) is 0. The predicted molar refractivity (Wildman–Crippen MR) is 182 cm³/mol. The van der Waals surface area contributed by atoms with E-state index in [1.807, 2.05) is 0 Å². The van der Waals surface area contributed by atoms with E-state index in [9.17, 15) is 14.7 Å². The van der Waals surface area contributed by atoms with Crippen molar-refractivity contribution in [2.24, 2.45) is 5.92 Å². The van der Waals surface area contributed by atoms with Crippen LogP contribution in [0.5, 0.6) is 0 Å². The molecule has 0 aliphatic carbocycles. The van der Waals surface area contributed by atoms with E-state index in [1.165, 1.54) is 141 Å². The van der Waals surface area contributed by atoms with Gasteiger partial charge in [-0.1, -0.05) is 181 Å². The van der Waals surface area contributed by atoms with Gasteiger partial charge in [-0.05, 0) is 18.8 Å². The van der Waals surface area contributed by atoms with Crippen molar-refractivity contribution in [2.75, 3.05) is 13.2 Å². The van der Waals surface area contributed by atoms with Crippen molar-refractivity contribution in [3.05, 3.63) is 0 Å². The Kier molecular flexibility index (Phi) is 32.9. The van der Waals surface area contributed by atoms with Crippen molar-refractivity contribution in [2.45, 2.75) is 213 Å². The van der Waals surface area contributed by atoms with Gasteiger partial charge in [0.1, 0.15) is 6.61 Å². The van der Waals surface area contributed by atoms with Crippen LogP contribution in [0.2, 0.25) is 0 Å². The van der Waals surface area contributed by atoms with Crippen LogP contribution in [0.3, 0.4) is 0 Å². The maximum Gasteiger partial charge on any atom is 0.306 e. The molecule has 43 heavy (non-hydrogen) atoms. The zero-order chi connectivity index (χ0) is 31.6. The van der Waals surface area contributed by atoms with Gasteiger partial charge in [-0.25, -0.2) is 0 Å². The Morgan fingerprint density at radius 3 is 1.23 bits per heavy atom. The Labute approximate surface area is 268 Å². The lowest BCUT2D eigenvalue weighted by Gasteiger charge is -2.15. The van der Waals surface area contributed by atoms with Gasteiger partial charge in [0.05, 0.1) is 6.61 Å². The van der Waals surface area contributed by atoms with Crippen molar-refractivity contribution in [1.29, 1.82) is 0 Å². The molecule has 0 radical (unpaired) electrons. The summed E-state index contributed by atoms with van der Waals surface area (Å²) in [6.45, 7) is 6.44. The molecule has 256 valence electrons. The van der Waals surface area contributed by atoms with Crippen LogP contribution in [0.1, 0.15) is 207 Å². The van der Waals surface area contributed by atoms with E-state index >= 15 is 0 Å². The monoisotopic (exact) mass is 611 g/mol. The maximum absolute atomic E-state index is 12.1. The van der Waals surface area contributed by atoms with Gasteiger partial charge in [-0.15, -0.1) is 0 Å². The van der Waals surface area contributed by atoms with Crippen LogP contribution in [0.15, 0.2) is 0 Å². The molecule has 1 atom stereocenters. The average Bonchev–Trinajstić information content (AvgIpc) is 2.99. The molecule has 0 fully saturated rings. The molecule has 0 saturated heterocycles. The number of hydrogen-bond acceptors (Lipinski definition) is 5. The maximum atomic E-state index is 12.1. The van der Waals surface area contributed by atoms with E-state index < -0.39 is 6.10 Å². The first-order valence-corrected chi connectivity index (χ1v) is 19.0. The number of carbonyl (C=O) groups is 2. The molecule has 0 aliphatic rings. The van der Waals surface area contributed by atoms with Gasteiger partial charge in [0, 0.05) is 12.8 Å². The van der Waals surface area contributed by atoms with Crippen LogP contribution in [0.25, 0.3) is 0 Å². The van der Waals surface area contributed by atoms with Crippen molar-refractivity contribution in [3.8, 4) is 0 Å². The summed E-state index contributed by atoms with van der Waals surface area (Å²) in [6, 6.07) is 0. The van der Waals surface area contributed by atoms with E-state index in [0.717, 1.165) is 38.0 Å². The molecule has 0 aliphatic heterocycles. The highest BCUT2D eigenvalue weighted by molar-refractivity contribution is 5.70. The minimum absolute atomic E-state index is 0.0590. The van der Waals surface area contributed by atoms with E-state index in [2.05, 4.69) is 20.8 Å². The lowest BCUT2D eigenvalue weighted by Crippen LogP contribution is -2.28. The fraction of sp³-hybridized carbons (Fsp3) is 0.947. The number of esters is 2. The summed E-state index contributed by atoms with van der Waals surface area (Å²) < 4.78 is 10.6. The van der Waals surface area contributed by atoms with Gasteiger partial charge in [0.15, 0.2) is 6.10 Å². The second kappa shape index (κ2) is 33.8. The van der Waals surface area contributed by atoms with E-state index in [1.54, 1.807) is 0 Å². The molecule has 0 rings (SSSR count). The summed E-state index contributed by atoms with van der Waals surface area (Å²) >= 11 is 0. The smallest absolute Gasteiger partial charge is 0.306 e. The van der Waals surface area contributed by atoms with Gasteiger partial charge >= 0.3 is 11.9 Å². The van der Waals surface area contributed by atoms with Gasteiger partial charge in [0.2, 0.25) is 0 Å². The van der Waals surface area contributed by atoms with Gasteiger partial charge in [0.25, 0.3) is 0 Å². The molecular weight excluding hydrogens is 536 g/mol. The van der Waals surface area contributed by atoms with Gasteiger partial charge in [-0.3, -0.25) is 9.59 Å². The largest absolute Gasteiger partial charge is 0.462 e. The quantitative estimate of drug-likeness (QED) is 0.0579. The Morgan fingerprint density at radius 1 is 0.512 bits per heavy atom. The highest BCUT2D eigenvalue weighted by Crippen LogP contribution is 2.16. The van der Waals surface area contributed by atoms with Crippen LogP contribution < -0.4 is 0 Å². The number of aliphatic hydroxyl groups is 1. The van der Waals surface area contributed by atoms with Crippen LogP contribution in [0, 0.1) is 5.92 Å². The molecule has 0 unspecified atom stereocenters. The van der Waals surface area contributed by atoms with E-state index in [-0.39, 0.29) is 25.2 Å². The zero-order valence-electron chi connectivity index (χ0n) is 29.2. The third-order valence-corrected chi connectivity index (χ3v) is 8.58. The molecule has 0 amide bonds. The van der Waals surface area contributed by atoms with E-state index in [0.29, 0.717) is 12.8 Å². The first kappa shape index (κ1) is 41.9. The number of rotatable bonds is 34. The standard InChI is InChI=1S/C38H74O5/c1-4-5-6-7-8-9-10-11-12-13-14-15-16-17-18-19-22-25-28-31-37(40)42-34-36(33-39)43-38(41)32-29-26-23-20-21-24-27-30-35(2)3/h35-36,39H,4-34H2,1-3H3/t36-/m0/s1. The van der Waals surface area contributed by atoms with E-state index in [4.69, 9.17) is 9.47 Å². The molecule has 0 spiro atoms. The van der Waals surface area contributed by atoms with Crippen molar-refractivity contribution in [3.63, 3.8) is 0 Å². The predicted octanol–water partition coefficient (Wildman–Crippen LogP) is 11.4. The first-order chi connectivity index (χ1) is 21.0. The summed E-state index contributed by atoms with van der Waals surface area (Å²) in [6.07, 6.45) is 34.6. The summed E-state index contributed by atoms with van der Waals surface area (Å²) in [5.41, 5.74) is 0. The molecule has 0 aromatic carbocycles. The number of hydrogen-bond donors (Lipinski definition) is 1. The summed E-state index contributed by atoms with van der Waals surface area (Å²) in [4.78, 5) is 24.1. The lowest BCUT2D eigenvalue weighted by molar-refractivity contribution is -0.161. The Balaban J connectivity index is 3.47. The molecule has 5 heteroatoms.